The van der Waals surface area contributed by atoms with Gasteiger partial charge < -0.3 is 15.2 Å². The molecule has 0 saturated heterocycles. The minimum atomic E-state index is -1.12. The maximum atomic E-state index is 12.5. The predicted octanol–water partition coefficient (Wildman–Crippen LogP) is 3.73. The first kappa shape index (κ1) is 22.1. The molecule has 29 heavy (non-hydrogen) atoms. The molecule has 0 heterocycles. The van der Waals surface area contributed by atoms with Crippen molar-refractivity contribution in [3.8, 4) is 5.75 Å². The number of rotatable bonds is 10. The highest BCUT2D eigenvalue weighted by Crippen LogP contribution is 2.28. The van der Waals surface area contributed by atoms with Crippen molar-refractivity contribution < 1.29 is 24.2 Å². The molecule has 6 nitrogen and oxygen atoms in total. The zero-order valence-corrected chi connectivity index (χ0v) is 17.0. The Hall–Kier alpha value is -3.15. The maximum absolute atomic E-state index is 12.5. The lowest BCUT2D eigenvalue weighted by Crippen LogP contribution is -2.45. The van der Waals surface area contributed by atoms with Crippen LogP contribution in [0.15, 0.2) is 48.5 Å². The molecular formula is C23H27NO5. The molecule has 0 aromatic heterocycles. The van der Waals surface area contributed by atoms with E-state index >= 15 is 0 Å². The van der Waals surface area contributed by atoms with Crippen molar-refractivity contribution >= 4 is 17.7 Å². The Balaban J connectivity index is 2.07. The van der Waals surface area contributed by atoms with E-state index in [1.54, 1.807) is 43.3 Å². The number of aliphatic carboxylic acids is 1. The van der Waals surface area contributed by atoms with Crippen molar-refractivity contribution in [1.29, 1.82) is 0 Å². The highest BCUT2D eigenvalue weighted by molar-refractivity contribution is 5.98. The Morgan fingerprint density at radius 2 is 1.76 bits per heavy atom. The van der Waals surface area contributed by atoms with Gasteiger partial charge >= 0.3 is 5.97 Å². The lowest BCUT2D eigenvalue weighted by molar-refractivity contribution is -0.139. The van der Waals surface area contributed by atoms with Gasteiger partial charge in [-0.05, 0) is 36.6 Å². The molecule has 0 saturated carbocycles. The van der Waals surface area contributed by atoms with Crippen LogP contribution in [0.25, 0.3) is 0 Å². The van der Waals surface area contributed by atoms with Crippen molar-refractivity contribution in [2.75, 3.05) is 7.11 Å². The Morgan fingerprint density at radius 3 is 2.34 bits per heavy atom. The van der Waals surface area contributed by atoms with Gasteiger partial charge in [-0.2, -0.15) is 0 Å². The van der Waals surface area contributed by atoms with Gasteiger partial charge in [0, 0.05) is 18.4 Å². The van der Waals surface area contributed by atoms with Gasteiger partial charge in [0.25, 0.3) is 0 Å². The van der Waals surface area contributed by atoms with Gasteiger partial charge in [-0.1, -0.05) is 43.3 Å². The van der Waals surface area contributed by atoms with Crippen molar-refractivity contribution in [2.45, 2.75) is 45.1 Å². The van der Waals surface area contributed by atoms with Gasteiger partial charge in [0.15, 0.2) is 5.78 Å². The van der Waals surface area contributed by atoms with Gasteiger partial charge in [-0.15, -0.1) is 0 Å². The number of carbonyl (C=O) groups is 3. The van der Waals surface area contributed by atoms with Crippen molar-refractivity contribution in [3.63, 3.8) is 0 Å². The first-order valence-electron chi connectivity index (χ1n) is 9.57. The Bertz CT molecular complexity index is 875. The molecule has 0 aliphatic carbocycles. The van der Waals surface area contributed by atoms with Gasteiger partial charge in [-0.25, -0.2) is 0 Å². The normalized spacial score (nSPS) is 12.7. The third-order valence-corrected chi connectivity index (χ3v) is 4.89. The van der Waals surface area contributed by atoms with E-state index in [2.05, 4.69) is 5.32 Å². The van der Waals surface area contributed by atoms with Crippen LogP contribution in [0.4, 0.5) is 0 Å². The smallest absolute Gasteiger partial charge is 0.306 e. The van der Waals surface area contributed by atoms with Crippen LogP contribution < -0.4 is 10.1 Å². The number of aryl methyl sites for hydroxylation is 1. The Kier molecular flexibility index (Phi) is 7.53. The molecular weight excluding hydrogens is 370 g/mol. The van der Waals surface area contributed by atoms with Crippen LogP contribution in [0.3, 0.4) is 0 Å². The Morgan fingerprint density at radius 1 is 1.07 bits per heavy atom. The number of benzene rings is 2. The summed E-state index contributed by atoms with van der Waals surface area (Å²) in [5.41, 5.74) is 1.20. The lowest BCUT2D eigenvalue weighted by Gasteiger charge is -2.30. The summed E-state index contributed by atoms with van der Waals surface area (Å²) in [6.45, 7) is 3.69. The summed E-state index contributed by atoms with van der Waals surface area (Å²) in [7, 11) is 1.52. The van der Waals surface area contributed by atoms with E-state index < -0.39 is 11.5 Å². The number of Topliss-reactive ketones (excluding diaryl/α,β-unsaturated/α-hetero) is 1. The van der Waals surface area contributed by atoms with Gasteiger partial charge in [0.2, 0.25) is 5.91 Å². The van der Waals surface area contributed by atoms with Gasteiger partial charge in [0.1, 0.15) is 5.75 Å². The van der Waals surface area contributed by atoms with E-state index in [4.69, 9.17) is 4.74 Å². The molecule has 2 aromatic rings. The highest BCUT2D eigenvalue weighted by atomic mass is 16.5. The molecule has 0 bridgehead atoms. The molecule has 1 amide bonds. The average molecular weight is 397 g/mol. The molecule has 0 aliphatic rings. The summed E-state index contributed by atoms with van der Waals surface area (Å²) < 4.78 is 5.20. The number of carboxylic acids is 1. The molecule has 0 radical (unpaired) electrons. The zero-order valence-electron chi connectivity index (χ0n) is 17.0. The fourth-order valence-electron chi connectivity index (χ4n) is 3.16. The minimum Gasteiger partial charge on any atom is -0.497 e. The van der Waals surface area contributed by atoms with Crippen LogP contribution in [0, 0.1) is 0 Å². The van der Waals surface area contributed by atoms with E-state index in [0.29, 0.717) is 16.9 Å². The third kappa shape index (κ3) is 6.17. The van der Waals surface area contributed by atoms with Crippen LogP contribution in [-0.2, 0) is 21.5 Å². The number of methoxy groups -OCH3 is 1. The van der Waals surface area contributed by atoms with E-state index in [-0.39, 0.29) is 31.0 Å². The first-order chi connectivity index (χ1) is 13.8. The summed E-state index contributed by atoms with van der Waals surface area (Å²) in [6.07, 6.45) is 0.633. The van der Waals surface area contributed by atoms with Crippen LogP contribution in [-0.4, -0.2) is 29.9 Å². The van der Waals surface area contributed by atoms with Crippen LogP contribution in [0.1, 0.15) is 54.6 Å². The molecule has 1 atom stereocenters. The quantitative estimate of drug-likeness (QED) is 0.596. The molecule has 6 heteroatoms. The number of carboxylic acid groups (broad SMARTS) is 1. The average Bonchev–Trinajstić information content (AvgIpc) is 2.71. The fraction of sp³-hybridized carbons (Fsp3) is 0.348. The number of ketones is 1. The molecule has 2 rings (SSSR count). The predicted molar refractivity (Wildman–Crippen MR) is 110 cm³/mol. The molecule has 0 fully saturated rings. The largest absolute Gasteiger partial charge is 0.497 e. The number of hydrogen-bond donors (Lipinski definition) is 2. The van der Waals surface area contributed by atoms with Crippen molar-refractivity contribution in [1.82, 2.24) is 5.32 Å². The number of ether oxygens (including phenoxy) is 1. The van der Waals surface area contributed by atoms with Gasteiger partial charge in [-0.3, -0.25) is 14.4 Å². The topological polar surface area (TPSA) is 92.7 Å². The van der Waals surface area contributed by atoms with Crippen LogP contribution >= 0.6 is 0 Å². The second kappa shape index (κ2) is 9.87. The summed E-state index contributed by atoms with van der Waals surface area (Å²) in [6, 6.07) is 14.3. The molecule has 2 aromatic carbocycles. The monoisotopic (exact) mass is 397 g/mol. The standard InChI is InChI=1S/C23H27NO5/c1-4-16-8-10-17(11-9-16)20(25)12-13-21(26)24-23(2,15-22(27)28)18-6-5-7-19(14-18)29-3/h5-11,14H,4,12-13,15H2,1-3H3,(H,24,26)(H,27,28). The van der Waals surface area contributed by atoms with E-state index in [1.807, 2.05) is 19.1 Å². The molecule has 154 valence electrons. The second-order valence-corrected chi connectivity index (χ2v) is 7.16. The van der Waals surface area contributed by atoms with Crippen LogP contribution in [0.2, 0.25) is 0 Å². The highest BCUT2D eigenvalue weighted by Gasteiger charge is 2.32. The number of amides is 1. The third-order valence-electron chi connectivity index (χ3n) is 4.89. The summed E-state index contributed by atoms with van der Waals surface area (Å²) in [5, 5.41) is 12.1. The maximum Gasteiger partial charge on any atom is 0.306 e. The number of carbonyl (C=O) groups excluding carboxylic acids is 2. The molecule has 1 unspecified atom stereocenters. The van der Waals surface area contributed by atoms with E-state index in [0.717, 1.165) is 12.0 Å². The number of nitrogens with one attached hydrogen (secondary N) is 1. The molecule has 0 spiro atoms. The summed E-state index contributed by atoms with van der Waals surface area (Å²) >= 11 is 0. The van der Waals surface area contributed by atoms with Crippen molar-refractivity contribution in [2.24, 2.45) is 0 Å². The summed E-state index contributed by atoms with van der Waals surface area (Å²) in [5.74, 6) is -0.971. The SMILES string of the molecule is CCc1ccc(C(=O)CCC(=O)NC(C)(CC(=O)O)c2cccc(OC)c2)cc1. The summed E-state index contributed by atoms with van der Waals surface area (Å²) in [4.78, 5) is 36.3. The van der Waals surface area contributed by atoms with E-state index in [1.165, 1.54) is 7.11 Å². The van der Waals surface area contributed by atoms with Crippen LogP contribution in [0.5, 0.6) is 5.75 Å². The molecule has 0 aliphatic heterocycles. The lowest BCUT2D eigenvalue weighted by atomic mass is 9.88. The van der Waals surface area contributed by atoms with Crippen molar-refractivity contribution in [3.05, 3.63) is 65.2 Å². The van der Waals surface area contributed by atoms with E-state index in [9.17, 15) is 19.5 Å². The molecule has 2 N–H and O–H groups in total. The minimum absolute atomic E-state index is 0.0203. The second-order valence-electron chi connectivity index (χ2n) is 7.16. The fourth-order valence-corrected chi connectivity index (χ4v) is 3.16. The first-order valence-corrected chi connectivity index (χ1v) is 9.57. The zero-order chi connectivity index (χ0) is 21.4. The number of hydrogen-bond acceptors (Lipinski definition) is 4. The Labute approximate surface area is 170 Å². The van der Waals surface area contributed by atoms with Gasteiger partial charge in [0.05, 0.1) is 19.1 Å².